The van der Waals surface area contributed by atoms with Gasteiger partial charge in [0.25, 0.3) is 0 Å². The smallest absolute Gasteiger partial charge is 0.327 e. The Kier molecular flexibility index (Phi) is 3.56. The molecular weight excluding hydrogens is 197 g/mol. The van der Waals surface area contributed by atoms with Crippen LogP contribution in [0.15, 0.2) is 6.33 Å². The first-order valence-corrected chi connectivity index (χ1v) is 5.34. The Bertz CT molecular complexity index is 282. The summed E-state index contributed by atoms with van der Waals surface area (Å²) >= 11 is 0. The van der Waals surface area contributed by atoms with Gasteiger partial charge in [-0.15, -0.1) is 0 Å². The van der Waals surface area contributed by atoms with Gasteiger partial charge in [0.2, 0.25) is 0 Å². The highest BCUT2D eigenvalue weighted by molar-refractivity contribution is 7.51. The van der Waals surface area contributed by atoms with Crippen LogP contribution < -0.4 is 0 Å². The maximum Gasteiger partial charge on any atom is 0.327 e. The number of hydrogen-bond acceptors (Lipinski definition) is 4. The van der Waals surface area contributed by atoms with Crippen molar-refractivity contribution in [1.29, 1.82) is 0 Å². The van der Waals surface area contributed by atoms with E-state index in [1.54, 1.807) is 0 Å². The van der Waals surface area contributed by atoms with Gasteiger partial charge in [0.05, 0.1) is 12.8 Å². The Hall–Kier alpha value is -0.750. The van der Waals surface area contributed by atoms with E-state index >= 15 is 0 Å². The first kappa shape index (κ1) is 10.3. The molecule has 8 heteroatoms. The number of nitrogens with zero attached hydrogens (tertiary/aromatic N) is 2. The number of H-pyrrole nitrogens is 1. The number of nitrogens with one attached hydrogen (secondary N) is 1. The molecule has 0 atom stereocenters. The van der Waals surface area contributed by atoms with Gasteiger partial charge in [-0.25, -0.2) is 4.98 Å². The number of ether oxygens (including phenoxy) is 1. The molecule has 0 fully saturated rings. The zero-order valence-corrected chi connectivity index (χ0v) is 7.65. The third-order valence-electron chi connectivity index (χ3n) is 1.23. The lowest BCUT2D eigenvalue weighted by molar-refractivity contribution is 0.126. The van der Waals surface area contributed by atoms with E-state index in [1.165, 1.54) is 6.33 Å². The molecule has 7 nitrogen and oxygen atoms in total. The molecule has 13 heavy (non-hydrogen) atoms. The fraction of sp³-hybridized carbons (Fsp3) is 0.600. The van der Waals surface area contributed by atoms with E-state index in [4.69, 9.17) is 14.5 Å². The molecule has 0 aromatic carbocycles. The van der Waals surface area contributed by atoms with Crippen LogP contribution in [0.2, 0.25) is 0 Å². The molecule has 0 bridgehead atoms. The number of aromatic nitrogens is 3. The molecule has 0 amide bonds. The van der Waals surface area contributed by atoms with Crippen molar-refractivity contribution in [3.8, 4) is 0 Å². The van der Waals surface area contributed by atoms with Crippen LogP contribution in [0.3, 0.4) is 0 Å². The zero-order chi connectivity index (χ0) is 9.73. The highest BCUT2D eigenvalue weighted by Gasteiger charge is 2.11. The minimum atomic E-state index is -3.94. The lowest BCUT2D eigenvalue weighted by Crippen LogP contribution is -2.02. The van der Waals surface area contributed by atoms with Crippen molar-refractivity contribution in [3.05, 3.63) is 12.2 Å². The fourth-order valence-corrected chi connectivity index (χ4v) is 1.02. The predicted molar refractivity (Wildman–Crippen MR) is 42.9 cm³/mol. The van der Waals surface area contributed by atoms with Crippen molar-refractivity contribution in [3.63, 3.8) is 0 Å². The van der Waals surface area contributed by atoms with Gasteiger partial charge in [0, 0.05) is 0 Å². The van der Waals surface area contributed by atoms with E-state index in [0.29, 0.717) is 5.82 Å². The van der Waals surface area contributed by atoms with Gasteiger partial charge in [-0.3, -0.25) is 9.66 Å². The van der Waals surface area contributed by atoms with E-state index < -0.39 is 7.60 Å². The average Bonchev–Trinajstić information content (AvgIpc) is 2.48. The highest BCUT2D eigenvalue weighted by atomic mass is 31.2. The average molecular weight is 207 g/mol. The topological polar surface area (TPSA) is 108 Å². The van der Waals surface area contributed by atoms with E-state index in [9.17, 15) is 4.57 Å². The van der Waals surface area contributed by atoms with Crippen LogP contribution in [-0.2, 0) is 15.9 Å². The largest absolute Gasteiger partial charge is 0.373 e. The summed E-state index contributed by atoms with van der Waals surface area (Å²) in [5.41, 5.74) is 0. The Morgan fingerprint density at radius 1 is 1.62 bits per heavy atom. The van der Waals surface area contributed by atoms with Gasteiger partial charge >= 0.3 is 7.60 Å². The van der Waals surface area contributed by atoms with Crippen molar-refractivity contribution >= 4 is 7.60 Å². The third kappa shape index (κ3) is 4.74. The van der Waals surface area contributed by atoms with Gasteiger partial charge in [-0.05, 0) is 0 Å². The minimum Gasteiger partial charge on any atom is -0.373 e. The van der Waals surface area contributed by atoms with Gasteiger partial charge in [-0.1, -0.05) is 0 Å². The quantitative estimate of drug-likeness (QED) is 0.443. The Balaban J connectivity index is 2.12. The Labute approximate surface area is 74.3 Å². The summed E-state index contributed by atoms with van der Waals surface area (Å²) in [6, 6.07) is 0. The van der Waals surface area contributed by atoms with Crippen LogP contribution in [-0.4, -0.2) is 37.7 Å². The molecule has 0 saturated carbocycles. The molecular formula is C5H10N3O4P. The molecule has 1 aromatic rings. The van der Waals surface area contributed by atoms with Gasteiger partial charge in [0.1, 0.15) is 18.8 Å². The summed E-state index contributed by atoms with van der Waals surface area (Å²) < 4.78 is 15.3. The normalized spacial score (nSPS) is 11.8. The second-order valence-electron chi connectivity index (χ2n) is 2.37. The lowest BCUT2D eigenvalue weighted by Gasteiger charge is -2.03. The summed E-state index contributed by atoms with van der Waals surface area (Å²) in [6.45, 7) is 0.185. The monoisotopic (exact) mass is 207 g/mol. The maximum absolute atomic E-state index is 10.4. The SMILES string of the molecule is O=P(O)(O)CCOCc1ncn[nH]1. The molecule has 0 spiro atoms. The lowest BCUT2D eigenvalue weighted by atomic mass is 10.7. The molecule has 1 rings (SSSR count). The van der Waals surface area contributed by atoms with Crippen LogP contribution in [0.4, 0.5) is 0 Å². The van der Waals surface area contributed by atoms with Crippen molar-refractivity contribution in [2.45, 2.75) is 6.61 Å². The molecule has 0 aliphatic carbocycles. The van der Waals surface area contributed by atoms with Crippen molar-refractivity contribution in [1.82, 2.24) is 15.2 Å². The Morgan fingerprint density at radius 3 is 2.92 bits per heavy atom. The van der Waals surface area contributed by atoms with Crippen LogP contribution in [0, 0.1) is 0 Å². The fourth-order valence-electron chi connectivity index (χ4n) is 0.653. The summed E-state index contributed by atoms with van der Waals surface area (Å²) in [4.78, 5) is 20.7. The molecule has 0 radical (unpaired) electrons. The maximum atomic E-state index is 10.4. The van der Waals surface area contributed by atoms with Gasteiger partial charge in [0.15, 0.2) is 0 Å². The zero-order valence-electron chi connectivity index (χ0n) is 6.75. The highest BCUT2D eigenvalue weighted by Crippen LogP contribution is 2.33. The first-order valence-electron chi connectivity index (χ1n) is 3.54. The Morgan fingerprint density at radius 2 is 2.38 bits per heavy atom. The molecule has 0 unspecified atom stereocenters. The standard InChI is InChI=1S/C5H10N3O4P/c9-13(10,11)2-1-12-3-5-6-4-7-8-5/h4H,1-3H2,(H,6,7,8)(H2,9,10,11). The molecule has 74 valence electrons. The van der Waals surface area contributed by atoms with Crippen molar-refractivity contribution in [2.75, 3.05) is 12.8 Å². The summed E-state index contributed by atoms with van der Waals surface area (Å²) in [5.74, 6) is 0.533. The molecule has 1 heterocycles. The molecule has 0 aliphatic heterocycles. The van der Waals surface area contributed by atoms with E-state index in [-0.39, 0.29) is 19.4 Å². The minimum absolute atomic E-state index is 0.00494. The van der Waals surface area contributed by atoms with Crippen LogP contribution in [0.1, 0.15) is 5.82 Å². The molecule has 0 aliphatic rings. The van der Waals surface area contributed by atoms with Gasteiger partial charge in [-0.2, -0.15) is 5.10 Å². The summed E-state index contributed by atoms with van der Waals surface area (Å²) in [7, 11) is -3.94. The second kappa shape index (κ2) is 4.48. The molecule has 0 saturated heterocycles. The third-order valence-corrected chi connectivity index (χ3v) is 2.00. The number of rotatable bonds is 5. The number of hydrogen-bond donors (Lipinski definition) is 3. The van der Waals surface area contributed by atoms with E-state index in [2.05, 4.69) is 15.2 Å². The van der Waals surface area contributed by atoms with Crippen molar-refractivity contribution in [2.24, 2.45) is 0 Å². The molecule has 1 aromatic heterocycles. The summed E-state index contributed by atoms with van der Waals surface area (Å²) in [6.07, 6.45) is 1.06. The molecule has 3 N–H and O–H groups in total. The van der Waals surface area contributed by atoms with E-state index in [0.717, 1.165) is 0 Å². The number of aromatic amines is 1. The summed E-state index contributed by atoms with van der Waals surface area (Å²) in [5, 5.41) is 6.13. The van der Waals surface area contributed by atoms with Crippen LogP contribution in [0.25, 0.3) is 0 Å². The van der Waals surface area contributed by atoms with Crippen molar-refractivity contribution < 1.29 is 19.1 Å². The van der Waals surface area contributed by atoms with Crippen LogP contribution in [0.5, 0.6) is 0 Å². The first-order chi connectivity index (χ1) is 6.08. The van der Waals surface area contributed by atoms with Gasteiger partial charge < -0.3 is 14.5 Å². The second-order valence-corrected chi connectivity index (χ2v) is 4.15. The van der Waals surface area contributed by atoms with E-state index in [1.807, 2.05) is 0 Å². The predicted octanol–water partition coefficient (Wildman–Crippen LogP) is -0.501. The van der Waals surface area contributed by atoms with Crippen LogP contribution >= 0.6 is 7.60 Å².